The molecule has 1 aliphatic heterocycles. The molecule has 23 heavy (non-hydrogen) atoms. The number of nitrogens with two attached hydrogens (primary N) is 2. The number of aliphatic hydroxyl groups excluding tert-OH is 2. The summed E-state index contributed by atoms with van der Waals surface area (Å²) in [6.45, 7) is 10.1. The standard InChI is InChI=1S/C16H35N3O4/c1-11-13(20)12(19(9-5-7-17)10-6-8-18)14(21)15(22-11)23-16(2,3)4/h11-15,20-21H,5-10,17-18H2,1-4H3/t11-,12?,13-,14+,15+/m1/s1. The Morgan fingerprint density at radius 2 is 1.57 bits per heavy atom. The Bertz CT molecular complexity index is 330. The van der Waals surface area contributed by atoms with Crippen LogP contribution in [0.5, 0.6) is 0 Å². The molecule has 1 unspecified atom stereocenters. The summed E-state index contributed by atoms with van der Waals surface area (Å²) in [5, 5.41) is 21.3. The second kappa shape index (κ2) is 9.27. The Balaban J connectivity index is 2.91. The van der Waals surface area contributed by atoms with Crippen LogP contribution in [0.1, 0.15) is 40.5 Å². The van der Waals surface area contributed by atoms with Gasteiger partial charge in [-0.2, -0.15) is 0 Å². The molecule has 7 heteroatoms. The maximum atomic E-state index is 10.7. The van der Waals surface area contributed by atoms with Crippen molar-refractivity contribution in [3.05, 3.63) is 0 Å². The van der Waals surface area contributed by atoms with E-state index in [1.807, 2.05) is 20.8 Å². The third-order valence-electron chi connectivity index (χ3n) is 4.00. The monoisotopic (exact) mass is 333 g/mol. The van der Waals surface area contributed by atoms with E-state index in [0.717, 1.165) is 12.8 Å². The van der Waals surface area contributed by atoms with E-state index in [1.54, 1.807) is 6.92 Å². The van der Waals surface area contributed by atoms with E-state index in [4.69, 9.17) is 20.9 Å². The predicted molar refractivity (Wildman–Crippen MR) is 89.9 cm³/mol. The fourth-order valence-corrected chi connectivity index (χ4v) is 2.89. The van der Waals surface area contributed by atoms with Gasteiger partial charge in [-0.25, -0.2) is 0 Å². The van der Waals surface area contributed by atoms with Gasteiger partial charge < -0.3 is 31.2 Å². The molecule has 0 saturated carbocycles. The number of ether oxygens (including phenoxy) is 2. The highest BCUT2D eigenvalue weighted by Gasteiger charge is 2.46. The van der Waals surface area contributed by atoms with Crippen LogP contribution in [0.25, 0.3) is 0 Å². The molecule has 7 nitrogen and oxygen atoms in total. The zero-order valence-electron chi connectivity index (χ0n) is 14.9. The van der Waals surface area contributed by atoms with Crippen LogP contribution in [-0.2, 0) is 9.47 Å². The Morgan fingerprint density at radius 3 is 2.00 bits per heavy atom. The van der Waals surface area contributed by atoms with Crippen LogP contribution in [0.2, 0.25) is 0 Å². The summed E-state index contributed by atoms with van der Waals surface area (Å²) >= 11 is 0. The topological polar surface area (TPSA) is 114 Å². The minimum Gasteiger partial charge on any atom is -0.389 e. The SMILES string of the molecule is C[C@H]1O[C@@H](OC(C)(C)C)[C@@H](O)C(N(CCCN)CCCN)[C@@H]1O. The average Bonchev–Trinajstić information content (AvgIpc) is 2.45. The number of hydrogen-bond donors (Lipinski definition) is 4. The van der Waals surface area contributed by atoms with Gasteiger partial charge >= 0.3 is 0 Å². The van der Waals surface area contributed by atoms with Gasteiger partial charge in [-0.3, -0.25) is 4.90 Å². The molecule has 1 rings (SSSR count). The van der Waals surface area contributed by atoms with Crippen molar-refractivity contribution in [3.63, 3.8) is 0 Å². The third kappa shape index (κ3) is 6.26. The molecule has 0 aliphatic carbocycles. The minimum absolute atomic E-state index is 0.422. The molecule has 1 aliphatic rings. The van der Waals surface area contributed by atoms with Crippen LogP contribution in [0.3, 0.4) is 0 Å². The smallest absolute Gasteiger partial charge is 0.186 e. The molecule has 1 fully saturated rings. The quantitative estimate of drug-likeness (QED) is 0.479. The average molecular weight is 333 g/mol. The number of hydrogen-bond acceptors (Lipinski definition) is 7. The zero-order chi connectivity index (χ0) is 17.6. The fourth-order valence-electron chi connectivity index (χ4n) is 2.89. The molecular formula is C16H35N3O4. The summed E-state index contributed by atoms with van der Waals surface area (Å²) in [4.78, 5) is 2.06. The van der Waals surface area contributed by atoms with Gasteiger partial charge in [0.15, 0.2) is 6.29 Å². The van der Waals surface area contributed by atoms with E-state index in [-0.39, 0.29) is 0 Å². The molecule has 0 bridgehead atoms. The summed E-state index contributed by atoms with van der Waals surface area (Å²) in [6, 6.07) is -0.454. The van der Waals surface area contributed by atoms with Crippen LogP contribution in [0, 0.1) is 0 Å². The first-order chi connectivity index (χ1) is 10.7. The van der Waals surface area contributed by atoms with E-state index in [1.165, 1.54) is 0 Å². The molecule has 0 aromatic carbocycles. The van der Waals surface area contributed by atoms with Gasteiger partial charge in [0, 0.05) is 0 Å². The van der Waals surface area contributed by atoms with Crippen molar-refractivity contribution in [2.45, 2.75) is 76.8 Å². The largest absolute Gasteiger partial charge is 0.389 e. The van der Waals surface area contributed by atoms with Crippen LogP contribution in [0.4, 0.5) is 0 Å². The number of aliphatic hydroxyl groups is 2. The third-order valence-corrected chi connectivity index (χ3v) is 4.00. The summed E-state index contributed by atoms with van der Waals surface area (Å²) in [5.74, 6) is 0. The molecule has 1 saturated heterocycles. The van der Waals surface area contributed by atoms with E-state index in [9.17, 15) is 10.2 Å². The number of nitrogens with zero attached hydrogens (tertiary/aromatic N) is 1. The van der Waals surface area contributed by atoms with Crippen LogP contribution in [-0.4, -0.2) is 77.5 Å². The lowest BCUT2D eigenvalue weighted by molar-refractivity contribution is -0.305. The Hall–Kier alpha value is -0.280. The van der Waals surface area contributed by atoms with Crippen LogP contribution in [0.15, 0.2) is 0 Å². The second-order valence-electron chi connectivity index (χ2n) is 7.23. The van der Waals surface area contributed by atoms with Gasteiger partial charge in [-0.15, -0.1) is 0 Å². The maximum Gasteiger partial charge on any atom is 0.186 e. The highest BCUT2D eigenvalue weighted by molar-refractivity contribution is 4.95. The minimum atomic E-state index is -0.934. The van der Waals surface area contributed by atoms with Crippen LogP contribution < -0.4 is 11.5 Å². The molecule has 138 valence electrons. The van der Waals surface area contributed by atoms with E-state index in [0.29, 0.717) is 26.2 Å². The summed E-state index contributed by atoms with van der Waals surface area (Å²) in [6.07, 6.45) is -1.33. The molecule has 0 amide bonds. The molecule has 0 radical (unpaired) electrons. The first kappa shape index (κ1) is 20.8. The normalized spacial score (nSPS) is 32.5. The van der Waals surface area contributed by atoms with Crippen molar-refractivity contribution in [2.75, 3.05) is 26.2 Å². The Kier molecular flexibility index (Phi) is 8.37. The second-order valence-corrected chi connectivity index (χ2v) is 7.23. The molecule has 0 aromatic heterocycles. The van der Waals surface area contributed by atoms with Crippen molar-refractivity contribution in [1.82, 2.24) is 4.90 Å². The molecule has 6 N–H and O–H groups in total. The van der Waals surface area contributed by atoms with Crippen molar-refractivity contribution >= 4 is 0 Å². The lowest BCUT2D eigenvalue weighted by Crippen LogP contribution is -2.64. The Morgan fingerprint density at radius 1 is 1.04 bits per heavy atom. The van der Waals surface area contributed by atoms with Gasteiger partial charge in [0.2, 0.25) is 0 Å². The molecule has 0 aromatic rings. The first-order valence-corrected chi connectivity index (χ1v) is 8.55. The summed E-state index contributed by atoms with van der Waals surface area (Å²) in [7, 11) is 0. The van der Waals surface area contributed by atoms with E-state index < -0.39 is 36.2 Å². The highest BCUT2D eigenvalue weighted by atomic mass is 16.7. The highest BCUT2D eigenvalue weighted by Crippen LogP contribution is 2.28. The van der Waals surface area contributed by atoms with Gasteiger partial charge in [0.05, 0.1) is 23.9 Å². The Labute approximate surface area is 139 Å². The van der Waals surface area contributed by atoms with Crippen molar-refractivity contribution in [1.29, 1.82) is 0 Å². The summed E-state index contributed by atoms with van der Waals surface area (Å²) in [5.41, 5.74) is 10.8. The maximum absolute atomic E-state index is 10.7. The van der Waals surface area contributed by atoms with Gasteiger partial charge in [-0.05, 0) is 66.7 Å². The lowest BCUT2D eigenvalue weighted by Gasteiger charge is -2.47. The van der Waals surface area contributed by atoms with Crippen molar-refractivity contribution < 1.29 is 19.7 Å². The predicted octanol–water partition coefficient (Wildman–Crippen LogP) is -0.364. The molecule has 1 heterocycles. The zero-order valence-corrected chi connectivity index (χ0v) is 14.9. The van der Waals surface area contributed by atoms with Gasteiger partial charge in [-0.1, -0.05) is 0 Å². The van der Waals surface area contributed by atoms with E-state index >= 15 is 0 Å². The molecular weight excluding hydrogens is 298 g/mol. The molecule has 0 spiro atoms. The first-order valence-electron chi connectivity index (χ1n) is 8.55. The summed E-state index contributed by atoms with van der Waals surface area (Å²) < 4.78 is 11.5. The molecule has 5 atom stereocenters. The lowest BCUT2D eigenvalue weighted by atomic mass is 9.94. The van der Waals surface area contributed by atoms with E-state index in [2.05, 4.69) is 4.90 Å². The van der Waals surface area contributed by atoms with Gasteiger partial charge in [0.1, 0.15) is 6.10 Å². The van der Waals surface area contributed by atoms with Crippen molar-refractivity contribution in [3.8, 4) is 0 Å². The fraction of sp³-hybridized carbons (Fsp3) is 1.00. The van der Waals surface area contributed by atoms with Crippen molar-refractivity contribution in [2.24, 2.45) is 11.5 Å². The number of rotatable bonds is 8. The van der Waals surface area contributed by atoms with Gasteiger partial charge in [0.25, 0.3) is 0 Å². The van der Waals surface area contributed by atoms with Crippen LogP contribution >= 0.6 is 0 Å².